The van der Waals surface area contributed by atoms with E-state index in [0.29, 0.717) is 17.7 Å². The number of nitrogens with zero attached hydrogens (tertiary/aromatic N) is 2. The van der Waals surface area contributed by atoms with Crippen molar-refractivity contribution in [3.05, 3.63) is 76.4 Å². The zero-order chi connectivity index (χ0) is 29.9. The molecule has 2 aliphatic heterocycles. The molecular formula is C29H37N5O6S. The lowest BCUT2D eigenvalue weighted by Crippen LogP contribution is -2.55. The maximum absolute atomic E-state index is 13.9. The van der Waals surface area contributed by atoms with E-state index in [9.17, 15) is 23.1 Å². The fraction of sp³-hybridized carbons (Fsp3) is 0.414. The molecule has 0 spiro atoms. The molecule has 4 rings (SSSR count). The van der Waals surface area contributed by atoms with Gasteiger partial charge in [-0.3, -0.25) is 15.1 Å². The van der Waals surface area contributed by atoms with Crippen LogP contribution in [-0.4, -0.2) is 87.0 Å². The quantitative estimate of drug-likeness (QED) is 0.186. The number of aliphatic carboxylic acids is 1. The molecule has 0 fully saturated rings. The molecule has 11 nitrogen and oxygen atoms in total. The van der Waals surface area contributed by atoms with Crippen molar-refractivity contribution in [2.24, 2.45) is 5.73 Å². The fourth-order valence-electron chi connectivity index (χ4n) is 5.42. The number of carbonyl (C=O) groups excluding carboxylic acids is 1. The van der Waals surface area contributed by atoms with Gasteiger partial charge in [0.15, 0.2) is 0 Å². The second kappa shape index (κ2) is 12.5. The first-order chi connectivity index (χ1) is 19.4. The third-order valence-corrected chi connectivity index (χ3v) is 9.22. The number of nitrogens with two attached hydrogens (primary N) is 1. The van der Waals surface area contributed by atoms with Crippen molar-refractivity contribution in [2.45, 2.75) is 49.2 Å². The Hall–Kier alpha value is -3.58. The number of benzene rings is 2. The molecule has 0 saturated heterocycles. The minimum atomic E-state index is -4.21. The van der Waals surface area contributed by atoms with Crippen molar-refractivity contribution >= 4 is 27.7 Å². The minimum Gasteiger partial charge on any atom is -0.480 e. The topological polar surface area (TPSA) is 166 Å². The lowest BCUT2D eigenvalue weighted by atomic mass is 9.93. The normalized spacial score (nSPS) is 20.2. The number of amidine groups is 1. The average molecular weight is 584 g/mol. The van der Waals surface area contributed by atoms with Gasteiger partial charge in [0.25, 0.3) is 0 Å². The van der Waals surface area contributed by atoms with E-state index in [0.717, 1.165) is 29.7 Å². The second-order valence-corrected chi connectivity index (χ2v) is 12.4. The number of rotatable bonds is 10. The average Bonchev–Trinajstić information content (AvgIpc) is 2.93. The Labute approximate surface area is 240 Å². The van der Waals surface area contributed by atoms with Gasteiger partial charge in [0.1, 0.15) is 17.9 Å². The number of carboxylic acids is 1. The molecule has 5 N–H and O–H groups in total. The molecule has 0 aliphatic carbocycles. The number of nitrogens with one attached hydrogen (secondary N) is 2. The maximum atomic E-state index is 13.9. The van der Waals surface area contributed by atoms with Gasteiger partial charge in [-0.25, -0.2) is 13.2 Å². The summed E-state index contributed by atoms with van der Waals surface area (Å²) in [6, 6.07) is 9.06. The molecule has 3 atom stereocenters. The number of ether oxygens (including phenoxy) is 1. The largest absolute Gasteiger partial charge is 0.480 e. The number of methoxy groups -OCH3 is 1. The highest BCUT2D eigenvalue weighted by Crippen LogP contribution is 2.31. The van der Waals surface area contributed by atoms with Crippen LogP contribution in [0.4, 0.5) is 0 Å². The van der Waals surface area contributed by atoms with E-state index in [-0.39, 0.29) is 36.2 Å². The number of amides is 1. The second-order valence-electron chi connectivity index (χ2n) is 10.7. The van der Waals surface area contributed by atoms with E-state index < -0.39 is 34.0 Å². The number of nitrogen functional groups attached to an aromatic ring is 1. The Morgan fingerprint density at radius 2 is 2.00 bits per heavy atom. The van der Waals surface area contributed by atoms with Gasteiger partial charge in [0.2, 0.25) is 15.9 Å². The van der Waals surface area contributed by atoms with E-state index in [1.807, 2.05) is 7.05 Å². The molecule has 0 saturated carbocycles. The molecule has 1 unspecified atom stereocenters. The molecule has 2 aromatic carbocycles. The molecule has 0 bridgehead atoms. The summed E-state index contributed by atoms with van der Waals surface area (Å²) in [6.07, 6.45) is 2.63. The number of hydrogen-bond donors (Lipinski definition) is 4. The van der Waals surface area contributed by atoms with E-state index in [4.69, 9.17) is 15.9 Å². The van der Waals surface area contributed by atoms with E-state index in [1.165, 1.54) is 11.0 Å². The summed E-state index contributed by atoms with van der Waals surface area (Å²) >= 11 is 0. The smallest absolute Gasteiger partial charge is 0.326 e. The Balaban J connectivity index is 1.71. The summed E-state index contributed by atoms with van der Waals surface area (Å²) in [7, 11) is -0.652. The van der Waals surface area contributed by atoms with Crippen LogP contribution in [-0.2, 0) is 37.2 Å². The fourth-order valence-corrected chi connectivity index (χ4v) is 6.65. The predicted molar refractivity (Wildman–Crippen MR) is 154 cm³/mol. The van der Waals surface area contributed by atoms with E-state index in [2.05, 4.69) is 9.62 Å². The van der Waals surface area contributed by atoms with Crippen LogP contribution < -0.4 is 10.5 Å². The number of hydrogen-bond acceptors (Lipinski definition) is 7. The van der Waals surface area contributed by atoms with Crippen molar-refractivity contribution in [3.8, 4) is 0 Å². The molecule has 2 aromatic rings. The van der Waals surface area contributed by atoms with Crippen molar-refractivity contribution in [1.29, 1.82) is 5.41 Å². The Bertz CT molecular complexity index is 1470. The molecule has 0 radical (unpaired) electrons. The zero-order valence-corrected chi connectivity index (χ0v) is 24.3. The highest BCUT2D eigenvalue weighted by molar-refractivity contribution is 7.89. The Morgan fingerprint density at radius 3 is 2.68 bits per heavy atom. The van der Waals surface area contributed by atoms with Crippen LogP contribution in [0.1, 0.15) is 41.6 Å². The maximum Gasteiger partial charge on any atom is 0.326 e. The molecule has 220 valence electrons. The van der Waals surface area contributed by atoms with Gasteiger partial charge >= 0.3 is 5.97 Å². The lowest BCUT2D eigenvalue weighted by molar-refractivity contribution is -0.150. The zero-order valence-electron chi connectivity index (χ0n) is 23.5. The number of likely N-dealkylation sites (N-methyl/N-ethyl adjacent to an activating group) is 1. The van der Waals surface area contributed by atoms with Crippen LogP contribution in [0.25, 0.3) is 0 Å². The number of carboxylic acid groups (broad SMARTS) is 1. The van der Waals surface area contributed by atoms with Crippen LogP contribution in [0.5, 0.6) is 0 Å². The van der Waals surface area contributed by atoms with E-state index >= 15 is 0 Å². The van der Waals surface area contributed by atoms with Gasteiger partial charge in [-0.05, 0) is 68.1 Å². The van der Waals surface area contributed by atoms with Crippen LogP contribution in [0.3, 0.4) is 0 Å². The molecule has 2 heterocycles. The first-order valence-electron chi connectivity index (χ1n) is 13.4. The van der Waals surface area contributed by atoms with E-state index in [1.54, 1.807) is 56.5 Å². The van der Waals surface area contributed by atoms with Crippen LogP contribution in [0, 0.1) is 5.41 Å². The van der Waals surface area contributed by atoms with Gasteiger partial charge < -0.3 is 20.5 Å². The number of sulfonamides is 1. The highest BCUT2D eigenvalue weighted by atomic mass is 32.2. The number of carbonyl (C=O) groups is 2. The Morgan fingerprint density at radius 1 is 1.24 bits per heavy atom. The number of fused-ring (bicyclic) bond motifs is 1. The van der Waals surface area contributed by atoms with Gasteiger partial charge in [-0.15, -0.1) is 0 Å². The SMILES string of the molecule is COCC1c2cc(S(=O)(=O)N[C@@H](Cc3cccc(C(=N)N)c3)C(=O)N3CC=C(C)C[C@@H]3C(=O)O)ccc2CCN1C. The predicted octanol–water partition coefficient (Wildman–Crippen LogP) is 1.67. The third-order valence-electron chi connectivity index (χ3n) is 7.75. The molecular weight excluding hydrogens is 546 g/mol. The van der Waals surface area contributed by atoms with Crippen molar-refractivity contribution in [2.75, 3.05) is 33.9 Å². The van der Waals surface area contributed by atoms with Gasteiger partial charge in [0.05, 0.1) is 17.5 Å². The van der Waals surface area contributed by atoms with Crippen molar-refractivity contribution < 1.29 is 27.9 Å². The molecule has 2 aliphatic rings. The summed E-state index contributed by atoms with van der Waals surface area (Å²) in [5.74, 6) is -1.97. The Kier molecular flexibility index (Phi) is 9.27. The first-order valence-corrected chi connectivity index (χ1v) is 14.9. The lowest BCUT2D eigenvalue weighted by Gasteiger charge is -2.35. The van der Waals surface area contributed by atoms with Crippen LogP contribution >= 0.6 is 0 Å². The van der Waals surface area contributed by atoms with Crippen molar-refractivity contribution in [1.82, 2.24) is 14.5 Å². The molecule has 41 heavy (non-hydrogen) atoms. The van der Waals surface area contributed by atoms with Crippen LogP contribution in [0.15, 0.2) is 59.0 Å². The van der Waals surface area contributed by atoms with Gasteiger partial charge in [-0.1, -0.05) is 35.9 Å². The summed E-state index contributed by atoms with van der Waals surface area (Å²) in [4.78, 5) is 29.3. The van der Waals surface area contributed by atoms with Gasteiger partial charge in [0, 0.05) is 25.8 Å². The molecule has 1 amide bonds. The summed E-state index contributed by atoms with van der Waals surface area (Å²) in [6.45, 7) is 3.06. The third kappa shape index (κ3) is 6.84. The first kappa shape index (κ1) is 30.4. The summed E-state index contributed by atoms with van der Waals surface area (Å²) in [5.41, 5.74) is 9.38. The minimum absolute atomic E-state index is 0.00658. The summed E-state index contributed by atoms with van der Waals surface area (Å²) in [5, 5.41) is 17.6. The monoisotopic (exact) mass is 583 g/mol. The van der Waals surface area contributed by atoms with Crippen molar-refractivity contribution in [3.63, 3.8) is 0 Å². The highest BCUT2D eigenvalue weighted by Gasteiger charge is 2.37. The molecule has 12 heteroatoms. The molecule has 0 aromatic heterocycles. The van der Waals surface area contributed by atoms with Crippen LogP contribution in [0.2, 0.25) is 0 Å². The standard InChI is InChI=1S/C29H37N5O6S/c1-18-9-12-34(25(13-18)29(36)37)28(35)24(15-19-5-4-6-21(14-19)27(30)31)32-41(38,39)22-8-7-20-10-11-33(2)26(17-40-3)23(20)16-22/h4-9,14,16,24-26,32H,10-13,15,17H2,1-3H3,(H3,30,31)(H,36,37)/t24-,25+,26?/m0/s1. The van der Waals surface area contributed by atoms with Gasteiger partial charge in [-0.2, -0.15) is 4.72 Å². The summed E-state index contributed by atoms with van der Waals surface area (Å²) < 4.78 is 35.5.